The van der Waals surface area contributed by atoms with Crippen molar-refractivity contribution in [3.63, 3.8) is 0 Å². The molecule has 2 fully saturated rings. The highest BCUT2D eigenvalue weighted by molar-refractivity contribution is 9.09. The molecule has 0 aromatic heterocycles. The van der Waals surface area contributed by atoms with E-state index in [1.807, 2.05) is 0 Å². The normalized spacial score (nSPS) is 42.8. The van der Waals surface area contributed by atoms with Gasteiger partial charge in [-0.3, -0.25) is 0 Å². The van der Waals surface area contributed by atoms with Gasteiger partial charge >= 0.3 is 0 Å². The molecule has 0 aliphatic heterocycles. The van der Waals surface area contributed by atoms with Crippen LogP contribution >= 0.6 is 15.9 Å². The molecule has 2 saturated carbocycles. The zero-order valence-electron chi connectivity index (χ0n) is 10.1. The van der Waals surface area contributed by atoms with Gasteiger partial charge < -0.3 is 0 Å². The van der Waals surface area contributed by atoms with E-state index < -0.39 is 0 Å². The molecule has 1 heteroatoms. The Kier molecular flexibility index (Phi) is 4.54. The highest BCUT2D eigenvalue weighted by Crippen LogP contribution is 2.41. The lowest BCUT2D eigenvalue weighted by molar-refractivity contribution is 0.168. The van der Waals surface area contributed by atoms with Crippen molar-refractivity contribution in [3.8, 4) is 0 Å². The zero-order chi connectivity index (χ0) is 10.7. The molecule has 0 amide bonds. The Labute approximate surface area is 103 Å². The van der Waals surface area contributed by atoms with Gasteiger partial charge in [0.2, 0.25) is 0 Å². The lowest BCUT2D eigenvalue weighted by Gasteiger charge is -2.36. The quantitative estimate of drug-likeness (QED) is 0.610. The van der Waals surface area contributed by atoms with E-state index in [1.165, 1.54) is 57.8 Å². The molecular formula is C14H25Br. The van der Waals surface area contributed by atoms with E-state index in [0.717, 1.165) is 22.6 Å². The molecule has 0 heterocycles. The van der Waals surface area contributed by atoms with Crippen molar-refractivity contribution in [2.24, 2.45) is 17.8 Å². The molecule has 0 radical (unpaired) electrons. The van der Waals surface area contributed by atoms with Gasteiger partial charge in [0.1, 0.15) is 0 Å². The Hall–Kier alpha value is 0.480. The van der Waals surface area contributed by atoms with Crippen LogP contribution in [0.15, 0.2) is 0 Å². The summed E-state index contributed by atoms with van der Waals surface area (Å²) in [5.74, 6) is 3.23. The SMILES string of the molecule is CCC1CCC(C2CCC(Br)CC2)CC1. The summed E-state index contributed by atoms with van der Waals surface area (Å²) < 4.78 is 0. The third kappa shape index (κ3) is 3.22. The second-order valence-electron chi connectivity index (χ2n) is 5.70. The van der Waals surface area contributed by atoms with Crippen molar-refractivity contribution >= 4 is 15.9 Å². The fourth-order valence-corrected chi connectivity index (χ4v) is 4.15. The summed E-state index contributed by atoms with van der Waals surface area (Å²) in [5, 5.41) is 0. The molecule has 0 aromatic rings. The van der Waals surface area contributed by atoms with Crippen LogP contribution < -0.4 is 0 Å². The standard InChI is InChI=1S/C14H25Br/c1-2-11-3-5-12(6-4-11)13-7-9-14(15)10-8-13/h11-14H,2-10H2,1H3. The van der Waals surface area contributed by atoms with Gasteiger partial charge in [0.15, 0.2) is 0 Å². The molecule has 0 aromatic carbocycles. The molecule has 88 valence electrons. The third-order valence-electron chi connectivity index (χ3n) is 4.84. The van der Waals surface area contributed by atoms with Crippen molar-refractivity contribution in [1.82, 2.24) is 0 Å². The van der Waals surface area contributed by atoms with Gasteiger partial charge in [0.25, 0.3) is 0 Å². The van der Waals surface area contributed by atoms with E-state index in [2.05, 4.69) is 22.9 Å². The molecule has 0 spiro atoms. The van der Waals surface area contributed by atoms with E-state index >= 15 is 0 Å². The molecule has 0 bridgehead atoms. The molecule has 2 rings (SSSR count). The topological polar surface area (TPSA) is 0 Å². The first-order chi connectivity index (χ1) is 7.29. The van der Waals surface area contributed by atoms with Crippen LogP contribution in [0.3, 0.4) is 0 Å². The monoisotopic (exact) mass is 272 g/mol. The molecule has 0 N–H and O–H groups in total. The summed E-state index contributed by atoms with van der Waals surface area (Å²) in [6.45, 7) is 2.36. The predicted molar refractivity (Wildman–Crippen MR) is 70.4 cm³/mol. The maximum atomic E-state index is 3.76. The number of hydrogen-bond acceptors (Lipinski definition) is 0. The third-order valence-corrected chi connectivity index (χ3v) is 5.75. The van der Waals surface area contributed by atoms with Crippen LogP contribution in [0.5, 0.6) is 0 Å². The lowest BCUT2D eigenvalue weighted by atomic mass is 9.70. The predicted octanol–water partition coefficient (Wildman–Crippen LogP) is 5.16. The first-order valence-electron chi connectivity index (χ1n) is 6.93. The van der Waals surface area contributed by atoms with Gasteiger partial charge in [0, 0.05) is 4.83 Å². The fraction of sp³-hybridized carbons (Fsp3) is 1.00. The Morgan fingerprint density at radius 1 is 0.800 bits per heavy atom. The van der Waals surface area contributed by atoms with Crippen LogP contribution in [-0.4, -0.2) is 4.83 Å². The molecule has 0 atom stereocenters. The molecule has 2 aliphatic rings. The van der Waals surface area contributed by atoms with Crippen molar-refractivity contribution in [2.75, 3.05) is 0 Å². The van der Waals surface area contributed by atoms with Crippen LogP contribution in [0.2, 0.25) is 0 Å². The van der Waals surface area contributed by atoms with E-state index in [9.17, 15) is 0 Å². The van der Waals surface area contributed by atoms with Crippen LogP contribution in [0.25, 0.3) is 0 Å². The minimum absolute atomic E-state index is 0.834. The Bertz CT molecular complexity index is 174. The highest BCUT2D eigenvalue weighted by Gasteiger charge is 2.29. The lowest BCUT2D eigenvalue weighted by Crippen LogP contribution is -2.25. The van der Waals surface area contributed by atoms with Gasteiger partial charge in [0.05, 0.1) is 0 Å². The van der Waals surface area contributed by atoms with Crippen molar-refractivity contribution in [3.05, 3.63) is 0 Å². The largest absolute Gasteiger partial charge is 0.0891 e. The minimum Gasteiger partial charge on any atom is -0.0891 e. The Morgan fingerprint density at radius 3 is 1.73 bits per heavy atom. The second kappa shape index (κ2) is 5.70. The average Bonchev–Trinajstić information content (AvgIpc) is 2.30. The number of hydrogen-bond donors (Lipinski definition) is 0. The fourth-order valence-electron chi connectivity index (χ4n) is 3.62. The first-order valence-corrected chi connectivity index (χ1v) is 7.85. The van der Waals surface area contributed by atoms with Gasteiger partial charge in [-0.2, -0.15) is 0 Å². The molecule has 15 heavy (non-hydrogen) atoms. The smallest absolute Gasteiger partial charge is 0.0146 e. The highest BCUT2D eigenvalue weighted by atomic mass is 79.9. The van der Waals surface area contributed by atoms with E-state index in [-0.39, 0.29) is 0 Å². The molecule has 0 nitrogen and oxygen atoms in total. The summed E-state index contributed by atoms with van der Waals surface area (Å²) in [5.41, 5.74) is 0. The molecule has 2 aliphatic carbocycles. The van der Waals surface area contributed by atoms with E-state index in [1.54, 1.807) is 0 Å². The van der Waals surface area contributed by atoms with Crippen molar-refractivity contribution in [2.45, 2.75) is 69.5 Å². The minimum atomic E-state index is 0.834. The van der Waals surface area contributed by atoms with Gasteiger partial charge in [-0.25, -0.2) is 0 Å². The maximum absolute atomic E-state index is 3.76. The van der Waals surface area contributed by atoms with Crippen molar-refractivity contribution < 1.29 is 0 Å². The second-order valence-corrected chi connectivity index (χ2v) is 7.00. The van der Waals surface area contributed by atoms with Crippen LogP contribution in [0.4, 0.5) is 0 Å². The summed E-state index contributed by atoms with van der Waals surface area (Å²) in [6, 6.07) is 0. The van der Waals surface area contributed by atoms with Crippen LogP contribution in [0, 0.1) is 17.8 Å². The summed E-state index contributed by atoms with van der Waals surface area (Å²) >= 11 is 3.76. The molecule has 0 saturated heterocycles. The summed E-state index contributed by atoms with van der Waals surface area (Å²) in [6.07, 6.45) is 13.4. The number of rotatable bonds is 2. The maximum Gasteiger partial charge on any atom is 0.0146 e. The van der Waals surface area contributed by atoms with E-state index in [0.29, 0.717) is 0 Å². The van der Waals surface area contributed by atoms with Crippen molar-refractivity contribution in [1.29, 1.82) is 0 Å². The van der Waals surface area contributed by atoms with Gasteiger partial charge in [-0.05, 0) is 56.3 Å². The van der Waals surface area contributed by atoms with Gasteiger partial charge in [-0.1, -0.05) is 42.1 Å². The first kappa shape index (κ1) is 12.0. The number of halogens is 1. The average molecular weight is 273 g/mol. The van der Waals surface area contributed by atoms with Crippen LogP contribution in [-0.2, 0) is 0 Å². The van der Waals surface area contributed by atoms with Gasteiger partial charge in [-0.15, -0.1) is 0 Å². The summed E-state index contributed by atoms with van der Waals surface area (Å²) in [7, 11) is 0. The van der Waals surface area contributed by atoms with E-state index in [4.69, 9.17) is 0 Å². The Balaban J connectivity index is 1.75. The zero-order valence-corrected chi connectivity index (χ0v) is 11.6. The van der Waals surface area contributed by atoms with Crippen LogP contribution in [0.1, 0.15) is 64.7 Å². The Morgan fingerprint density at radius 2 is 1.27 bits per heavy atom. The summed E-state index contributed by atoms with van der Waals surface area (Å²) in [4.78, 5) is 0.834. The molecular weight excluding hydrogens is 248 g/mol. The molecule has 0 unspecified atom stereocenters. The number of alkyl halides is 1.